The van der Waals surface area contributed by atoms with E-state index in [1.54, 1.807) is 6.20 Å². The molecule has 1 atom stereocenters. The molecule has 16 heavy (non-hydrogen) atoms. The van der Waals surface area contributed by atoms with Crippen LogP contribution in [0.2, 0.25) is 0 Å². The van der Waals surface area contributed by atoms with Crippen LogP contribution in [-0.2, 0) is 0 Å². The summed E-state index contributed by atoms with van der Waals surface area (Å²) in [5.74, 6) is 2.50. The first-order valence-corrected chi connectivity index (χ1v) is 5.23. The van der Waals surface area contributed by atoms with Crippen molar-refractivity contribution in [3.8, 4) is 0 Å². The second kappa shape index (κ2) is 4.30. The van der Waals surface area contributed by atoms with Crippen molar-refractivity contribution in [1.29, 1.82) is 0 Å². The highest BCUT2D eigenvalue weighted by molar-refractivity contribution is 5.37. The van der Waals surface area contributed by atoms with E-state index in [1.807, 2.05) is 33.0 Å². The lowest BCUT2D eigenvalue weighted by atomic mass is 10.3. The Morgan fingerprint density at radius 3 is 2.75 bits per heavy atom. The number of rotatable bonds is 3. The van der Waals surface area contributed by atoms with Crippen molar-refractivity contribution in [2.75, 3.05) is 5.32 Å². The summed E-state index contributed by atoms with van der Waals surface area (Å²) < 4.78 is 0. The summed E-state index contributed by atoms with van der Waals surface area (Å²) in [5, 5.41) is 3.28. The zero-order valence-electron chi connectivity index (χ0n) is 9.65. The maximum Gasteiger partial charge on any atom is 0.130 e. The molecular weight excluding hydrogens is 202 g/mol. The molecular formula is C11H15N5. The smallest absolute Gasteiger partial charge is 0.130 e. The molecule has 0 aromatic carbocycles. The van der Waals surface area contributed by atoms with E-state index in [0.29, 0.717) is 0 Å². The van der Waals surface area contributed by atoms with Gasteiger partial charge < -0.3 is 10.3 Å². The molecule has 0 aliphatic carbocycles. The van der Waals surface area contributed by atoms with Gasteiger partial charge in [-0.3, -0.25) is 0 Å². The molecule has 0 fully saturated rings. The third-order valence-electron chi connectivity index (χ3n) is 2.26. The summed E-state index contributed by atoms with van der Waals surface area (Å²) in [7, 11) is 0. The number of H-pyrrole nitrogens is 1. The average Bonchev–Trinajstić information content (AvgIpc) is 2.68. The number of nitrogens with zero attached hydrogens (tertiary/aromatic N) is 3. The van der Waals surface area contributed by atoms with Gasteiger partial charge in [0.25, 0.3) is 0 Å². The first kappa shape index (κ1) is 10.6. The minimum absolute atomic E-state index is 0.101. The summed E-state index contributed by atoms with van der Waals surface area (Å²) in [4.78, 5) is 15.8. The molecule has 0 amide bonds. The highest BCUT2D eigenvalue weighted by Crippen LogP contribution is 2.14. The molecule has 0 aliphatic heterocycles. The van der Waals surface area contributed by atoms with Gasteiger partial charge in [0.15, 0.2) is 0 Å². The van der Waals surface area contributed by atoms with E-state index in [2.05, 4.69) is 25.3 Å². The lowest BCUT2D eigenvalue weighted by molar-refractivity contribution is 0.799. The van der Waals surface area contributed by atoms with Crippen molar-refractivity contribution < 1.29 is 0 Å². The Morgan fingerprint density at radius 2 is 2.12 bits per heavy atom. The van der Waals surface area contributed by atoms with Crippen molar-refractivity contribution in [2.24, 2.45) is 0 Å². The number of anilines is 1. The molecule has 0 saturated carbocycles. The average molecular weight is 217 g/mol. The summed E-state index contributed by atoms with van der Waals surface area (Å²) in [6.07, 6.45) is 3.55. The number of imidazole rings is 1. The van der Waals surface area contributed by atoms with Gasteiger partial charge in [0.05, 0.1) is 6.04 Å². The molecule has 2 aromatic rings. The molecule has 5 heteroatoms. The molecule has 0 spiro atoms. The van der Waals surface area contributed by atoms with Gasteiger partial charge in [-0.05, 0) is 20.8 Å². The zero-order valence-corrected chi connectivity index (χ0v) is 9.65. The van der Waals surface area contributed by atoms with Crippen LogP contribution >= 0.6 is 0 Å². The van der Waals surface area contributed by atoms with Crippen LogP contribution < -0.4 is 5.32 Å². The zero-order chi connectivity index (χ0) is 11.5. The number of nitrogens with one attached hydrogen (secondary N) is 2. The molecule has 84 valence electrons. The number of aromatic nitrogens is 4. The van der Waals surface area contributed by atoms with Crippen molar-refractivity contribution in [2.45, 2.75) is 26.8 Å². The molecule has 2 N–H and O–H groups in total. The maximum atomic E-state index is 4.32. The lowest BCUT2D eigenvalue weighted by Crippen LogP contribution is -2.10. The van der Waals surface area contributed by atoms with Gasteiger partial charge in [0.2, 0.25) is 0 Å². The molecule has 1 unspecified atom stereocenters. The summed E-state index contributed by atoms with van der Waals surface area (Å²) >= 11 is 0. The highest BCUT2D eigenvalue weighted by atomic mass is 15.1. The fourth-order valence-electron chi connectivity index (χ4n) is 1.60. The van der Waals surface area contributed by atoms with Crippen LogP contribution in [0.3, 0.4) is 0 Å². The lowest BCUT2D eigenvalue weighted by Gasteiger charge is -2.12. The van der Waals surface area contributed by atoms with E-state index in [9.17, 15) is 0 Å². The second-order valence-corrected chi connectivity index (χ2v) is 3.78. The van der Waals surface area contributed by atoms with Gasteiger partial charge in [-0.1, -0.05) is 0 Å². The Morgan fingerprint density at radius 1 is 1.31 bits per heavy atom. The van der Waals surface area contributed by atoms with E-state index in [1.165, 1.54) is 0 Å². The fourth-order valence-corrected chi connectivity index (χ4v) is 1.60. The van der Waals surface area contributed by atoms with Gasteiger partial charge in [-0.15, -0.1) is 0 Å². The molecule has 0 bridgehead atoms. The second-order valence-electron chi connectivity index (χ2n) is 3.78. The monoisotopic (exact) mass is 217 g/mol. The maximum absolute atomic E-state index is 4.32. The number of aryl methyl sites for hydroxylation is 2. The Hall–Kier alpha value is -1.91. The fraction of sp³-hybridized carbons (Fsp3) is 0.364. The first-order chi connectivity index (χ1) is 7.65. The first-order valence-electron chi connectivity index (χ1n) is 5.23. The van der Waals surface area contributed by atoms with Crippen molar-refractivity contribution in [1.82, 2.24) is 19.9 Å². The third kappa shape index (κ3) is 2.36. The molecule has 5 nitrogen and oxygen atoms in total. The van der Waals surface area contributed by atoms with E-state index in [0.717, 1.165) is 23.2 Å². The SMILES string of the molecule is Cc1cc(NC(C)c2ncc[nH]2)nc(C)n1. The van der Waals surface area contributed by atoms with Crippen LogP contribution in [0.25, 0.3) is 0 Å². The van der Waals surface area contributed by atoms with Gasteiger partial charge in [-0.2, -0.15) is 0 Å². The minimum atomic E-state index is 0.101. The largest absolute Gasteiger partial charge is 0.360 e. The number of aromatic amines is 1. The van der Waals surface area contributed by atoms with Crippen LogP contribution in [0.4, 0.5) is 5.82 Å². The van der Waals surface area contributed by atoms with Gasteiger partial charge in [0, 0.05) is 24.2 Å². The standard InChI is InChI=1S/C11H15N5/c1-7-6-10(16-9(3)14-7)15-8(2)11-12-4-5-13-11/h4-6,8H,1-3H3,(H,12,13)(H,14,15,16). The van der Waals surface area contributed by atoms with Crippen molar-refractivity contribution in [3.05, 3.63) is 35.8 Å². The number of hydrogen-bond donors (Lipinski definition) is 2. The molecule has 0 aliphatic rings. The summed E-state index contributed by atoms with van der Waals surface area (Å²) in [5.41, 5.74) is 0.960. The van der Waals surface area contributed by atoms with Crippen molar-refractivity contribution in [3.63, 3.8) is 0 Å². The summed E-state index contributed by atoms with van der Waals surface area (Å²) in [6, 6.07) is 2.02. The highest BCUT2D eigenvalue weighted by Gasteiger charge is 2.08. The van der Waals surface area contributed by atoms with Crippen LogP contribution in [0.1, 0.15) is 30.3 Å². The predicted molar refractivity (Wildman–Crippen MR) is 62.1 cm³/mol. The minimum Gasteiger partial charge on any atom is -0.360 e. The van der Waals surface area contributed by atoms with E-state index in [4.69, 9.17) is 0 Å². The molecule has 2 rings (SSSR count). The van der Waals surface area contributed by atoms with Crippen LogP contribution in [0, 0.1) is 13.8 Å². The van der Waals surface area contributed by atoms with Gasteiger partial charge in [0.1, 0.15) is 17.5 Å². The Bertz CT molecular complexity index is 443. The van der Waals surface area contributed by atoms with E-state index >= 15 is 0 Å². The van der Waals surface area contributed by atoms with Crippen molar-refractivity contribution >= 4 is 5.82 Å². The normalized spacial score (nSPS) is 12.4. The van der Waals surface area contributed by atoms with Gasteiger partial charge in [-0.25, -0.2) is 15.0 Å². The van der Waals surface area contributed by atoms with Gasteiger partial charge >= 0.3 is 0 Å². The van der Waals surface area contributed by atoms with Crippen LogP contribution in [-0.4, -0.2) is 19.9 Å². The Kier molecular flexibility index (Phi) is 2.85. The third-order valence-corrected chi connectivity index (χ3v) is 2.26. The Labute approximate surface area is 94.4 Å². The van der Waals surface area contributed by atoms with Crippen LogP contribution in [0.15, 0.2) is 18.5 Å². The van der Waals surface area contributed by atoms with Crippen LogP contribution in [0.5, 0.6) is 0 Å². The Balaban J connectivity index is 2.15. The topological polar surface area (TPSA) is 66.5 Å². The number of hydrogen-bond acceptors (Lipinski definition) is 4. The molecule has 2 heterocycles. The van der Waals surface area contributed by atoms with E-state index < -0.39 is 0 Å². The summed E-state index contributed by atoms with van der Waals surface area (Å²) in [6.45, 7) is 5.87. The molecule has 2 aromatic heterocycles. The predicted octanol–water partition coefficient (Wildman–Crippen LogP) is 1.99. The quantitative estimate of drug-likeness (QED) is 0.825. The van der Waals surface area contributed by atoms with E-state index in [-0.39, 0.29) is 6.04 Å². The molecule has 0 radical (unpaired) electrons. The molecule has 0 saturated heterocycles.